The Morgan fingerprint density at radius 1 is 0.833 bits per heavy atom. The molecule has 3 heteroatoms. The highest BCUT2D eigenvalue weighted by Crippen LogP contribution is 2.71. The van der Waals surface area contributed by atoms with Gasteiger partial charge in [-0.25, -0.2) is 0 Å². The molecule has 170 valence electrons. The highest BCUT2D eigenvalue weighted by Gasteiger charge is 2.69. The first-order valence-corrected chi connectivity index (χ1v) is 13.3. The molecule has 30 heavy (non-hydrogen) atoms. The minimum atomic E-state index is -0.282. The molecule has 0 aromatic heterocycles. The minimum absolute atomic E-state index is 0.0389. The molecule has 2 heterocycles. The monoisotopic (exact) mass is 416 g/mol. The van der Waals surface area contributed by atoms with Crippen LogP contribution in [0.4, 0.5) is 0 Å². The third kappa shape index (κ3) is 2.61. The minimum Gasteiger partial charge on any atom is -0.393 e. The first-order valence-electron chi connectivity index (χ1n) is 13.3. The quantitative estimate of drug-likeness (QED) is 0.543. The fourth-order valence-corrected chi connectivity index (χ4v) is 10.3. The van der Waals surface area contributed by atoms with Gasteiger partial charge in [-0.15, -0.1) is 0 Å². The number of hydrogen-bond donors (Lipinski definition) is 1. The maximum atomic E-state index is 10.3. The van der Waals surface area contributed by atoms with Crippen molar-refractivity contribution in [2.75, 3.05) is 6.61 Å². The maximum absolute atomic E-state index is 10.3. The molecule has 1 spiro atoms. The van der Waals surface area contributed by atoms with E-state index in [9.17, 15) is 5.11 Å². The van der Waals surface area contributed by atoms with Gasteiger partial charge in [0.25, 0.3) is 0 Å². The lowest BCUT2D eigenvalue weighted by atomic mass is 9.44. The maximum Gasteiger partial charge on any atom is 0.171 e. The van der Waals surface area contributed by atoms with Crippen LogP contribution in [0, 0.1) is 52.3 Å². The van der Waals surface area contributed by atoms with E-state index in [2.05, 4.69) is 27.7 Å². The number of aliphatic hydroxyl groups excluding tert-OH is 1. The molecule has 0 radical (unpaired) electrons. The molecule has 5 unspecified atom stereocenters. The second kappa shape index (κ2) is 6.70. The van der Waals surface area contributed by atoms with Crippen molar-refractivity contribution in [1.29, 1.82) is 0 Å². The number of hydrogen-bond acceptors (Lipinski definition) is 3. The number of fused-ring (bicyclic) bond motifs is 7. The Morgan fingerprint density at radius 2 is 1.63 bits per heavy atom. The van der Waals surface area contributed by atoms with E-state index in [1.165, 1.54) is 44.9 Å². The Morgan fingerprint density at radius 3 is 2.40 bits per heavy atom. The van der Waals surface area contributed by atoms with E-state index >= 15 is 0 Å². The van der Waals surface area contributed by atoms with Gasteiger partial charge >= 0.3 is 0 Å². The second-order valence-corrected chi connectivity index (χ2v) is 13.1. The topological polar surface area (TPSA) is 38.7 Å². The molecule has 6 rings (SSSR count). The summed E-state index contributed by atoms with van der Waals surface area (Å²) in [5, 5.41) is 10.3. The van der Waals surface area contributed by atoms with Crippen LogP contribution in [0.15, 0.2) is 0 Å². The van der Waals surface area contributed by atoms with Crippen LogP contribution < -0.4 is 0 Å². The summed E-state index contributed by atoms with van der Waals surface area (Å²) in [5.74, 6) is 4.93. The molecule has 0 aromatic rings. The van der Waals surface area contributed by atoms with E-state index < -0.39 is 0 Å². The molecular formula is C27H44O3. The first kappa shape index (κ1) is 20.5. The summed E-state index contributed by atoms with van der Waals surface area (Å²) in [6.07, 6.45) is 12.9. The molecule has 4 aliphatic carbocycles. The first-order chi connectivity index (χ1) is 14.3. The van der Waals surface area contributed by atoms with Crippen LogP contribution in [-0.2, 0) is 9.47 Å². The van der Waals surface area contributed by atoms with Gasteiger partial charge in [-0.2, -0.15) is 0 Å². The van der Waals surface area contributed by atoms with Crippen molar-refractivity contribution in [2.45, 2.75) is 110 Å². The van der Waals surface area contributed by atoms with E-state index in [0.717, 1.165) is 49.5 Å². The van der Waals surface area contributed by atoms with E-state index in [1.807, 2.05) is 0 Å². The lowest BCUT2D eigenvalue weighted by Crippen LogP contribution is -2.55. The largest absolute Gasteiger partial charge is 0.393 e. The predicted octanol–water partition coefficient (Wildman–Crippen LogP) is 5.79. The lowest BCUT2D eigenvalue weighted by Gasteiger charge is -2.61. The third-order valence-electron chi connectivity index (χ3n) is 11.9. The van der Waals surface area contributed by atoms with Crippen molar-refractivity contribution in [3.05, 3.63) is 0 Å². The van der Waals surface area contributed by atoms with Gasteiger partial charge in [0, 0.05) is 12.3 Å². The molecule has 6 fully saturated rings. The molecule has 0 amide bonds. The van der Waals surface area contributed by atoms with E-state index in [1.54, 1.807) is 0 Å². The number of aliphatic hydroxyl groups is 1. The highest BCUT2D eigenvalue weighted by molar-refractivity contribution is 5.15. The zero-order chi connectivity index (χ0) is 20.9. The van der Waals surface area contributed by atoms with Gasteiger partial charge in [0.1, 0.15) is 0 Å². The smallest absolute Gasteiger partial charge is 0.171 e. The molecule has 1 N–H and O–H groups in total. The zero-order valence-corrected chi connectivity index (χ0v) is 19.7. The summed E-state index contributed by atoms with van der Waals surface area (Å²) in [6.45, 7) is 10.9. The Hall–Kier alpha value is -0.120. The van der Waals surface area contributed by atoms with Gasteiger partial charge in [0.2, 0.25) is 0 Å². The normalized spacial score (nSPS) is 62.5. The SMILES string of the molecule is C[C@@H]1CC[C@@]2(OC1)OC1C[C@H]3C4CC[C@H]5CC(O)CC[C@]5(C)C4CC[C@]3(C)C1[C@@H]2C. The summed E-state index contributed by atoms with van der Waals surface area (Å²) < 4.78 is 13.4. The van der Waals surface area contributed by atoms with Crippen molar-refractivity contribution in [1.82, 2.24) is 0 Å². The highest BCUT2D eigenvalue weighted by atomic mass is 16.7. The molecule has 2 aliphatic heterocycles. The van der Waals surface area contributed by atoms with Crippen LogP contribution >= 0.6 is 0 Å². The van der Waals surface area contributed by atoms with Crippen LogP contribution in [0.2, 0.25) is 0 Å². The van der Waals surface area contributed by atoms with Gasteiger partial charge in [-0.1, -0.05) is 27.7 Å². The lowest BCUT2D eigenvalue weighted by molar-refractivity contribution is -0.273. The molecular weight excluding hydrogens is 372 g/mol. The fourth-order valence-electron chi connectivity index (χ4n) is 10.3. The molecule has 2 saturated heterocycles. The Bertz CT molecular complexity index is 684. The van der Waals surface area contributed by atoms with Gasteiger partial charge in [0.15, 0.2) is 5.79 Å². The van der Waals surface area contributed by atoms with Crippen LogP contribution in [0.3, 0.4) is 0 Å². The third-order valence-corrected chi connectivity index (χ3v) is 11.9. The molecule has 12 atom stereocenters. The summed E-state index contributed by atoms with van der Waals surface area (Å²) in [6, 6.07) is 0. The van der Waals surface area contributed by atoms with Crippen molar-refractivity contribution >= 4 is 0 Å². The molecule has 0 bridgehead atoms. The van der Waals surface area contributed by atoms with Crippen molar-refractivity contribution in [3.8, 4) is 0 Å². The van der Waals surface area contributed by atoms with E-state index in [0.29, 0.717) is 34.7 Å². The van der Waals surface area contributed by atoms with Crippen molar-refractivity contribution < 1.29 is 14.6 Å². The Labute approximate surface area is 183 Å². The van der Waals surface area contributed by atoms with Crippen LogP contribution in [0.25, 0.3) is 0 Å². The summed E-state index contributed by atoms with van der Waals surface area (Å²) in [7, 11) is 0. The summed E-state index contributed by atoms with van der Waals surface area (Å²) in [4.78, 5) is 0. The number of ether oxygens (including phenoxy) is 2. The van der Waals surface area contributed by atoms with Crippen LogP contribution in [0.1, 0.15) is 91.9 Å². The van der Waals surface area contributed by atoms with Gasteiger partial charge in [-0.05, 0) is 104 Å². The number of rotatable bonds is 0. The van der Waals surface area contributed by atoms with Crippen molar-refractivity contribution in [3.63, 3.8) is 0 Å². The average Bonchev–Trinajstić information content (AvgIpc) is 3.16. The average molecular weight is 417 g/mol. The zero-order valence-electron chi connectivity index (χ0n) is 19.7. The molecule has 0 aromatic carbocycles. The second-order valence-electron chi connectivity index (χ2n) is 13.1. The summed E-state index contributed by atoms with van der Waals surface area (Å²) in [5.41, 5.74) is 0.899. The van der Waals surface area contributed by atoms with Crippen molar-refractivity contribution in [2.24, 2.45) is 52.3 Å². The molecule has 3 nitrogen and oxygen atoms in total. The van der Waals surface area contributed by atoms with Gasteiger partial charge in [0.05, 0.1) is 18.8 Å². The van der Waals surface area contributed by atoms with Gasteiger partial charge in [-0.3, -0.25) is 0 Å². The van der Waals surface area contributed by atoms with Crippen LogP contribution in [-0.4, -0.2) is 29.7 Å². The standard InChI is InChI=1S/C27H44O3/c1-16-7-12-27(29-15-16)17(2)24-23(30-27)14-22-20-6-5-18-13-19(28)8-10-25(18,3)21(20)9-11-26(22,24)4/h16-24,28H,5-15H2,1-4H3/t16-,17+,18+,19?,20?,21?,22+,23?,24?,25+,26+,27-/m1/s1. The summed E-state index contributed by atoms with van der Waals surface area (Å²) >= 11 is 0. The van der Waals surface area contributed by atoms with E-state index in [-0.39, 0.29) is 11.9 Å². The Kier molecular flexibility index (Phi) is 4.58. The fraction of sp³-hybridized carbons (Fsp3) is 1.00. The predicted molar refractivity (Wildman–Crippen MR) is 118 cm³/mol. The van der Waals surface area contributed by atoms with Gasteiger partial charge < -0.3 is 14.6 Å². The van der Waals surface area contributed by atoms with Crippen LogP contribution in [0.5, 0.6) is 0 Å². The Balaban J connectivity index is 1.26. The molecule has 6 aliphatic rings. The van der Waals surface area contributed by atoms with E-state index in [4.69, 9.17) is 9.47 Å². The molecule has 4 saturated carbocycles.